The summed E-state index contributed by atoms with van der Waals surface area (Å²) in [6.45, 7) is 0.309. The summed E-state index contributed by atoms with van der Waals surface area (Å²) in [6.07, 6.45) is 6.48. The van der Waals surface area contributed by atoms with E-state index >= 15 is 0 Å². The molecule has 0 aromatic rings. The fourth-order valence-corrected chi connectivity index (χ4v) is 3.47. The van der Waals surface area contributed by atoms with Crippen LogP contribution in [0.25, 0.3) is 0 Å². The molecule has 0 aromatic heterocycles. The second-order valence-corrected chi connectivity index (χ2v) is 6.48. The fourth-order valence-electron chi connectivity index (χ4n) is 3.47. The molecule has 6 heteroatoms. The lowest BCUT2D eigenvalue weighted by molar-refractivity contribution is -0.160. The number of hydrogen-bond acceptors (Lipinski definition) is 6. The predicted octanol–water partition coefficient (Wildman–Crippen LogP) is 2.44. The molecule has 0 radical (unpaired) electrons. The normalized spacial score (nSPS) is 31.4. The lowest BCUT2D eigenvalue weighted by atomic mass is 9.86. The van der Waals surface area contributed by atoms with Crippen LogP contribution in [0.3, 0.4) is 0 Å². The molecule has 0 heterocycles. The smallest absolute Gasteiger partial charge is 0.309 e. The zero-order chi connectivity index (χ0) is 16.7. The summed E-state index contributed by atoms with van der Waals surface area (Å²) < 4.78 is 20.9. The molecule has 0 N–H and O–H groups in total. The monoisotopic (exact) mass is 328 g/mol. The molecule has 2 saturated carbocycles. The van der Waals surface area contributed by atoms with Gasteiger partial charge < -0.3 is 18.9 Å². The molecule has 0 amide bonds. The quantitative estimate of drug-likeness (QED) is 0.551. The van der Waals surface area contributed by atoms with Gasteiger partial charge in [-0.1, -0.05) is 0 Å². The maximum absolute atomic E-state index is 12.3. The minimum atomic E-state index is -0.149. The molecule has 132 valence electrons. The highest BCUT2D eigenvalue weighted by molar-refractivity contribution is 5.73. The summed E-state index contributed by atoms with van der Waals surface area (Å²) in [5.74, 6) is -0.292. The van der Waals surface area contributed by atoms with Crippen LogP contribution in [0.4, 0.5) is 0 Å². The van der Waals surface area contributed by atoms with E-state index < -0.39 is 0 Å². The van der Waals surface area contributed by atoms with Crippen molar-refractivity contribution in [2.24, 2.45) is 11.8 Å². The number of carbonyl (C=O) groups is 2. The molecule has 0 bridgehead atoms. The summed E-state index contributed by atoms with van der Waals surface area (Å²) >= 11 is 0. The van der Waals surface area contributed by atoms with E-state index in [1.54, 1.807) is 7.11 Å². The van der Waals surface area contributed by atoms with Crippen molar-refractivity contribution in [1.29, 1.82) is 0 Å². The van der Waals surface area contributed by atoms with Crippen molar-refractivity contribution in [3.8, 4) is 0 Å². The topological polar surface area (TPSA) is 71.1 Å². The second-order valence-electron chi connectivity index (χ2n) is 6.48. The van der Waals surface area contributed by atoms with Crippen LogP contribution in [-0.4, -0.2) is 45.2 Å². The summed E-state index contributed by atoms with van der Waals surface area (Å²) in [5, 5.41) is 0. The van der Waals surface area contributed by atoms with Crippen molar-refractivity contribution in [3.05, 3.63) is 0 Å². The average Bonchev–Trinajstić information content (AvgIpc) is 2.60. The van der Waals surface area contributed by atoms with Gasteiger partial charge in [0.1, 0.15) is 12.9 Å². The Labute approximate surface area is 137 Å². The van der Waals surface area contributed by atoms with Gasteiger partial charge in [0.15, 0.2) is 0 Å². The molecule has 0 spiro atoms. The molecule has 0 saturated heterocycles. The van der Waals surface area contributed by atoms with E-state index in [9.17, 15) is 9.59 Å². The van der Waals surface area contributed by atoms with Crippen LogP contribution in [0.5, 0.6) is 0 Å². The lowest BCUT2D eigenvalue weighted by Crippen LogP contribution is -2.33. The Morgan fingerprint density at radius 2 is 1.30 bits per heavy atom. The standard InChI is InChI=1S/C17H28O6/c1-20-11-22-14-7-3-13(4-8-14)17(19)23-15-9-5-12(6-10-15)16(18)21-2/h12-15H,3-11H2,1-2H3. The van der Waals surface area contributed by atoms with Gasteiger partial charge in [-0.15, -0.1) is 0 Å². The van der Waals surface area contributed by atoms with E-state index in [0.29, 0.717) is 6.79 Å². The van der Waals surface area contributed by atoms with Crippen LogP contribution >= 0.6 is 0 Å². The van der Waals surface area contributed by atoms with Crippen LogP contribution < -0.4 is 0 Å². The highest BCUT2D eigenvalue weighted by Crippen LogP contribution is 2.31. The van der Waals surface area contributed by atoms with Crippen molar-refractivity contribution in [1.82, 2.24) is 0 Å². The van der Waals surface area contributed by atoms with Crippen molar-refractivity contribution in [2.75, 3.05) is 21.0 Å². The van der Waals surface area contributed by atoms with Gasteiger partial charge in [0.25, 0.3) is 0 Å². The molecule has 2 fully saturated rings. The highest BCUT2D eigenvalue weighted by atomic mass is 16.7. The van der Waals surface area contributed by atoms with Crippen molar-refractivity contribution in [3.63, 3.8) is 0 Å². The number of hydrogen-bond donors (Lipinski definition) is 0. The molecule has 23 heavy (non-hydrogen) atoms. The third kappa shape index (κ3) is 5.46. The third-order valence-corrected chi connectivity index (χ3v) is 4.92. The van der Waals surface area contributed by atoms with Gasteiger partial charge in [-0.3, -0.25) is 9.59 Å². The molecule has 2 rings (SSSR count). The zero-order valence-corrected chi connectivity index (χ0v) is 14.1. The highest BCUT2D eigenvalue weighted by Gasteiger charge is 2.32. The van der Waals surface area contributed by atoms with Crippen LogP contribution in [0.2, 0.25) is 0 Å². The van der Waals surface area contributed by atoms with Crippen LogP contribution in [0.15, 0.2) is 0 Å². The Morgan fingerprint density at radius 3 is 1.83 bits per heavy atom. The van der Waals surface area contributed by atoms with Gasteiger partial charge in [0, 0.05) is 7.11 Å². The SMILES string of the molecule is COCOC1CCC(C(=O)OC2CCC(C(=O)OC)CC2)CC1. The molecule has 6 nitrogen and oxygen atoms in total. The van der Waals surface area contributed by atoms with Crippen LogP contribution in [0.1, 0.15) is 51.4 Å². The summed E-state index contributed by atoms with van der Waals surface area (Å²) in [6, 6.07) is 0. The van der Waals surface area contributed by atoms with E-state index in [2.05, 4.69) is 0 Å². The number of rotatable bonds is 6. The number of carbonyl (C=O) groups excluding carboxylic acids is 2. The zero-order valence-electron chi connectivity index (χ0n) is 14.1. The predicted molar refractivity (Wildman–Crippen MR) is 82.6 cm³/mol. The second kappa shape index (κ2) is 9.23. The maximum atomic E-state index is 12.3. The first-order chi connectivity index (χ1) is 11.1. The first-order valence-corrected chi connectivity index (χ1v) is 8.53. The number of ether oxygens (including phenoxy) is 4. The van der Waals surface area contributed by atoms with Crippen molar-refractivity contribution < 1.29 is 28.5 Å². The van der Waals surface area contributed by atoms with Gasteiger partial charge in [0.05, 0.1) is 25.0 Å². The van der Waals surface area contributed by atoms with Crippen molar-refractivity contribution >= 4 is 11.9 Å². The van der Waals surface area contributed by atoms with E-state index in [-0.39, 0.29) is 36.0 Å². The molecular formula is C17H28O6. The van der Waals surface area contributed by atoms with Gasteiger partial charge in [0.2, 0.25) is 0 Å². The average molecular weight is 328 g/mol. The first-order valence-electron chi connectivity index (χ1n) is 8.53. The summed E-state index contributed by atoms with van der Waals surface area (Å²) in [4.78, 5) is 23.8. The fraction of sp³-hybridized carbons (Fsp3) is 0.882. The summed E-state index contributed by atoms with van der Waals surface area (Å²) in [5.41, 5.74) is 0. The molecule has 0 aromatic carbocycles. The largest absolute Gasteiger partial charge is 0.469 e. The Bertz CT molecular complexity index is 381. The Balaban J connectivity index is 1.67. The van der Waals surface area contributed by atoms with Gasteiger partial charge in [-0.25, -0.2) is 0 Å². The molecule has 2 aliphatic rings. The van der Waals surface area contributed by atoms with Crippen molar-refractivity contribution in [2.45, 2.75) is 63.6 Å². The van der Waals surface area contributed by atoms with Crippen LogP contribution in [0, 0.1) is 11.8 Å². The van der Waals surface area contributed by atoms with Gasteiger partial charge in [-0.05, 0) is 51.4 Å². The number of esters is 2. The van der Waals surface area contributed by atoms with E-state index in [0.717, 1.165) is 51.4 Å². The minimum Gasteiger partial charge on any atom is -0.469 e. The number of methoxy groups -OCH3 is 2. The molecular weight excluding hydrogens is 300 g/mol. The third-order valence-electron chi connectivity index (χ3n) is 4.92. The molecule has 0 atom stereocenters. The summed E-state index contributed by atoms with van der Waals surface area (Å²) in [7, 11) is 3.03. The van der Waals surface area contributed by atoms with Gasteiger partial charge in [-0.2, -0.15) is 0 Å². The van der Waals surface area contributed by atoms with E-state index in [1.165, 1.54) is 7.11 Å². The maximum Gasteiger partial charge on any atom is 0.309 e. The Morgan fingerprint density at radius 1 is 0.783 bits per heavy atom. The molecule has 0 unspecified atom stereocenters. The minimum absolute atomic E-state index is 0.0178. The molecule has 0 aliphatic heterocycles. The van der Waals surface area contributed by atoms with Crippen LogP contribution in [-0.2, 0) is 28.5 Å². The van der Waals surface area contributed by atoms with Gasteiger partial charge >= 0.3 is 11.9 Å². The van der Waals surface area contributed by atoms with E-state index in [4.69, 9.17) is 18.9 Å². The first kappa shape index (κ1) is 18.2. The Kier molecular flexibility index (Phi) is 7.30. The molecule has 2 aliphatic carbocycles. The van der Waals surface area contributed by atoms with E-state index in [1.807, 2.05) is 0 Å². The Hall–Kier alpha value is -1.14. The lowest BCUT2D eigenvalue weighted by Gasteiger charge is -2.30.